The van der Waals surface area contributed by atoms with Gasteiger partial charge in [-0.3, -0.25) is 4.79 Å². The van der Waals surface area contributed by atoms with Gasteiger partial charge in [0.05, 0.1) is 5.56 Å². The summed E-state index contributed by atoms with van der Waals surface area (Å²) in [5.74, 6) is -0.980. The van der Waals surface area contributed by atoms with Gasteiger partial charge in [-0.05, 0) is 38.5 Å². The summed E-state index contributed by atoms with van der Waals surface area (Å²) < 4.78 is 39.2. The van der Waals surface area contributed by atoms with Crippen molar-refractivity contribution in [2.75, 3.05) is 5.32 Å². The molecular formula is C13H15BrF3NO2. The highest BCUT2D eigenvalue weighted by Gasteiger charge is 2.35. The maximum Gasteiger partial charge on any atom is 0.418 e. The lowest BCUT2D eigenvalue weighted by atomic mass is 9.97. The Hall–Kier alpha value is -1.24. The minimum atomic E-state index is -4.48. The highest BCUT2D eigenvalue weighted by Crippen LogP contribution is 2.37. The van der Waals surface area contributed by atoms with E-state index in [1.165, 1.54) is 12.1 Å². The van der Waals surface area contributed by atoms with E-state index in [2.05, 4.69) is 21.2 Å². The van der Waals surface area contributed by atoms with E-state index < -0.39 is 23.2 Å². The van der Waals surface area contributed by atoms with Crippen LogP contribution in [0.15, 0.2) is 22.7 Å². The number of carbonyl (C=O) groups is 1. The lowest BCUT2D eigenvalue weighted by Crippen LogP contribution is -2.32. The Kier molecular flexibility index (Phi) is 5.07. The lowest BCUT2D eigenvalue weighted by Gasteiger charge is -2.29. The summed E-state index contributed by atoms with van der Waals surface area (Å²) in [6.07, 6.45) is -4.37. The quantitative estimate of drug-likeness (QED) is 0.817. The van der Waals surface area contributed by atoms with Crippen LogP contribution >= 0.6 is 15.9 Å². The Morgan fingerprint density at radius 1 is 1.35 bits per heavy atom. The van der Waals surface area contributed by atoms with Crippen molar-refractivity contribution in [1.29, 1.82) is 0 Å². The fourth-order valence-corrected chi connectivity index (χ4v) is 2.07. The average Bonchev–Trinajstić information content (AvgIpc) is 2.27. The number of nitrogens with one attached hydrogen (secondary N) is 1. The fraction of sp³-hybridized carbons (Fsp3) is 0.462. The SMILES string of the molecule is CC(C)(CCC(=O)O)Nc1ccc(Br)cc1C(F)(F)F. The Labute approximate surface area is 123 Å². The van der Waals surface area contributed by atoms with Crippen LogP contribution in [0, 0.1) is 0 Å². The smallest absolute Gasteiger partial charge is 0.418 e. The first kappa shape index (κ1) is 16.8. The van der Waals surface area contributed by atoms with Crippen molar-refractivity contribution >= 4 is 27.6 Å². The molecule has 0 spiro atoms. The van der Waals surface area contributed by atoms with Gasteiger partial charge in [-0.1, -0.05) is 15.9 Å². The number of halogens is 4. The predicted molar refractivity (Wildman–Crippen MR) is 73.7 cm³/mol. The summed E-state index contributed by atoms with van der Waals surface area (Å²) >= 11 is 3.01. The maximum atomic E-state index is 13.0. The fourth-order valence-electron chi connectivity index (χ4n) is 1.71. The number of rotatable bonds is 5. The van der Waals surface area contributed by atoms with E-state index >= 15 is 0 Å². The lowest BCUT2D eigenvalue weighted by molar-refractivity contribution is -0.138. The highest BCUT2D eigenvalue weighted by molar-refractivity contribution is 9.10. The summed E-state index contributed by atoms with van der Waals surface area (Å²) in [6, 6.07) is 3.83. The average molecular weight is 354 g/mol. The molecule has 0 amide bonds. The van der Waals surface area contributed by atoms with Gasteiger partial charge in [-0.25, -0.2) is 0 Å². The zero-order chi connectivity index (χ0) is 15.6. The molecule has 0 atom stereocenters. The molecule has 1 aromatic rings. The molecule has 0 bridgehead atoms. The number of hydrogen-bond acceptors (Lipinski definition) is 2. The molecule has 0 unspecified atom stereocenters. The molecule has 0 fully saturated rings. The van der Waals surface area contributed by atoms with Crippen molar-refractivity contribution in [1.82, 2.24) is 0 Å². The first-order chi connectivity index (χ1) is 9.01. The molecule has 0 aliphatic heterocycles. The molecule has 1 rings (SSSR count). The topological polar surface area (TPSA) is 49.3 Å². The van der Waals surface area contributed by atoms with Crippen LogP contribution in [-0.4, -0.2) is 16.6 Å². The summed E-state index contributed by atoms with van der Waals surface area (Å²) in [6.45, 7) is 3.33. The Balaban J connectivity index is 3.00. The molecule has 0 radical (unpaired) electrons. The van der Waals surface area contributed by atoms with Crippen LogP contribution in [0.2, 0.25) is 0 Å². The number of hydrogen-bond donors (Lipinski definition) is 2. The van der Waals surface area contributed by atoms with E-state index in [0.717, 1.165) is 6.07 Å². The zero-order valence-corrected chi connectivity index (χ0v) is 12.6. The third kappa shape index (κ3) is 5.03. The van der Waals surface area contributed by atoms with Crippen LogP contribution in [0.5, 0.6) is 0 Å². The van der Waals surface area contributed by atoms with Gasteiger partial charge in [0.15, 0.2) is 0 Å². The van der Waals surface area contributed by atoms with Crippen molar-refractivity contribution in [3.05, 3.63) is 28.2 Å². The van der Waals surface area contributed by atoms with Gasteiger partial charge in [0.25, 0.3) is 0 Å². The number of carboxylic acids is 1. The van der Waals surface area contributed by atoms with Gasteiger partial charge in [-0.15, -0.1) is 0 Å². The van der Waals surface area contributed by atoms with Crippen LogP contribution in [0.1, 0.15) is 32.3 Å². The molecule has 3 nitrogen and oxygen atoms in total. The normalized spacial score (nSPS) is 12.3. The summed E-state index contributed by atoms with van der Waals surface area (Å²) in [5.41, 5.74) is -1.60. The minimum absolute atomic E-state index is 0.0592. The van der Waals surface area contributed by atoms with Crippen LogP contribution in [0.4, 0.5) is 18.9 Å². The first-order valence-electron chi connectivity index (χ1n) is 5.88. The third-order valence-electron chi connectivity index (χ3n) is 2.72. The molecule has 112 valence electrons. The second-order valence-electron chi connectivity index (χ2n) is 5.09. The van der Waals surface area contributed by atoms with E-state index in [-0.39, 0.29) is 18.5 Å². The standard InChI is InChI=1S/C13H15BrF3NO2/c1-12(2,6-5-11(19)20)18-10-4-3-8(14)7-9(10)13(15,16)17/h3-4,7,18H,5-6H2,1-2H3,(H,19,20). The molecule has 1 aromatic carbocycles. The molecule has 0 aromatic heterocycles. The highest BCUT2D eigenvalue weighted by atomic mass is 79.9. The van der Waals surface area contributed by atoms with Crippen LogP contribution < -0.4 is 5.32 Å². The summed E-state index contributed by atoms with van der Waals surface area (Å²) in [7, 11) is 0. The Morgan fingerprint density at radius 3 is 2.45 bits per heavy atom. The van der Waals surface area contributed by atoms with Gasteiger partial charge in [0, 0.05) is 22.1 Å². The van der Waals surface area contributed by atoms with Crippen LogP contribution in [-0.2, 0) is 11.0 Å². The molecule has 7 heteroatoms. The van der Waals surface area contributed by atoms with E-state index in [1.807, 2.05) is 0 Å². The van der Waals surface area contributed by atoms with E-state index in [4.69, 9.17) is 5.11 Å². The molecule has 0 aliphatic rings. The molecule has 2 N–H and O–H groups in total. The second-order valence-corrected chi connectivity index (χ2v) is 6.01. The van der Waals surface area contributed by atoms with Crippen molar-refractivity contribution in [3.8, 4) is 0 Å². The molecule has 0 saturated carbocycles. The minimum Gasteiger partial charge on any atom is -0.481 e. The molecule has 0 saturated heterocycles. The zero-order valence-electron chi connectivity index (χ0n) is 11.0. The van der Waals surface area contributed by atoms with E-state index in [1.54, 1.807) is 13.8 Å². The van der Waals surface area contributed by atoms with Gasteiger partial charge < -0.3 is 10.4 Å². The largest absolute Gasteiger partial charge is 0.481 e. The predicted octanol–water partition coefficient (Wildman–Crippen LogP) is 4.52. The van der Waals surface area contributed by atoms with Crippen molar-refractivity contribution < 1.29 is 23.1 Å². The summed E-state index contributed by atoms with van der Waals surface area (Å²) in [5, 5.41) is 11.4. The van der Waals surface area contributed by atoms with Crippen LogP contribution in [0.3, 0.4) is 0 Å². The maximum absolute atomic E-state index is 13.0. The van der Waals surface area contributed by atoms with Crippen molar-refractivity contribution in [2.45, 2.75) is 38.4 Å². The van der Waals surface area contributed by atoms with Crippen LogP contribution in [0.25, 0.3) is 0 Å². The van der Waals surface area contributed by atoms with Gasteiger partial charge >= 0.3 is 12.1 Å². The van der Waals surface area contributed by atoms with Gasteiger partial charge in [0.1, 0.15) is 0 Å². The molecule has 0 heterocycles. The number of benzene rings is 1. The number of carboxylic acid groups (broad SMARTS) is 1. The molecular weight excluding hydrogens is 339 g/mol. The molecule has 0 aliphatic carbocycles. The second kappa shape index (κ2) is 6.03. The summed E-state index contributed by atoms with van der Waals surface area (Å²) in [4.78, 5) is 10.6. The number of aliphatic carboxylic acids is 1. The molecule has 20 heavy (non-hydrogen) atoms. The Morgan fingerprint density at radius 2 is 1.95 bits per heavy atom. The van der Waals surface area contributed by atoms with Crippen molar-refractivity contribution in [2.24, 2.45) is 0 Å². The van der Waals surface area contributed by atoms with E-state index in [9.17, 15) is 18.0 Å². The van der Waals surface area contributed by atoms with Gasteiger partial charge in [-0.2, -0.15) is 13.2 Å². The Bertz CT molecular complexity index is 501. The van der Waals surface area contributed by atoms with Gasteiger partial charge in [0.2, 0.25) is 0 Å². The number of anilines is 1. The van der Waals surface area contributed by atoms with Crippen molar-refractivity contribution in [3.63, 3.8) is 0 Å². The monoisotopic (exact) mass is 353 g/mol. The first-order valence-corrected chi connectivity index (χ1v) is 6.67. The number of alkyl halides is 3. The third-order valence-corrected chi connectivity index (χ3v) is 3.22. The van der Waals surface area contributed by atoms with E-state index in [0.29, 0.717) is 4.47 Å².